The van der Waals surface area contributed by atoms with Gasteiger partial charge in [-0.05, 0) is 12.8 Å². The van der Waals surface area contributed by atoms with Crippen molar-refractivity contribution in [2.75, 3.05) is 19.8 Å². The molecule has 0 spiro atoms. The first-order valence-electron chi connectivity index (χ1n) is 7.32. The maximum atomic E-state index is 11.6. The number of nitrogens with zero attached hydrogens (tertiary/aromatic N) is 2. The highest BCUT2D eigenvalue weighted by Crippen LogP contribution is 2.26. The summed E-state index contributed by atoms with van der Waals surface area (Å²) in [7, 11) is 0. The van der Waals surface area contributed by atoms with E-state index in [1.807, 2.05) is 11.5 Å². The Morgan fingerprint density at radius 3 is 3.25 bits per heavy atom. The smallest absolute Gasteiger partial charge is 0.221 e. The summed E-state index contributed by atoms with van der Waals surface area (Å²) < 4.78 is 7.37. The predicted octanol–water partition coefficient (Wildman–Crippen LogP) is 0.836. The van der Waals surface area contributed by atoms with Crippen molar-refractivity contribution in [3.8, 4) is 0 Å². The van der Waals surface area contributed by atoms with E-state index in [0.29, 0.717) is 25.5 Å². The van der Waals surface area contributed by atoms with Crippen molar-refractivity contribution >= 4 is 5.91 Å². The molecule has 1 saturated heterocycles. The van der Waals surface area contributed by atoms with E-state index in [4.69, 9.17) is 10.5 Å². The second kappa shape index (κ2) is 7.40. The van der Waals surface area contributed by atoms with Crippen LogP contribution < -0.4 is 11.1 Å². The number of aromatic nitrogens is 2. The average Bonchev–Trinajstić information content (AvgIpc) is 3.12. The summed E-state index contributed by atoms with van der Waals surface area (Å²) in [5, 5.41) is 2.87. The largest absolute Gasteiger partial charge is 0.381 e. The average molecular weight is 280 g/mol. The van der Waals surface area contributed by atoms with E-state index in [2.05, 4.69) is 10.3 Å². The molecule has 0 saturated carbocycles. The molecule has 1 aromatic rings. The fraction of sp³-hybridized carbons (Fsp3) is 0.714. The first-order chi connectivity index (χ1) is 9.72. The van der Waals surface area contributed by atoms with Gasteiger partial charge in [0.1, 0.15) is 0 Å². The molecule has 1 aliphatic rings. The van der Waals surface area contributed by atoms with Gasteiger partial charge in [-0.3, -0.25) is 4.79 Å². The number of nitrogens with one attached hydrogen (secondary N) is 1. The number of aryl methyl sites for hydroxylation is 1. The van der Waals surface area contributed by atoms with E-state index in [-0.39, 0.29) is 11.9 Å². The molecule has 6 nitrogen and oxygen atoms in total. The standard InChI is InChI=1S/C14H24N4O2/c1-2-5-17-13(19)3-6-18-10-16-8-12(18)14(15)11-4-7-20-9-11/h8,10-11,14H,2-7,9,15H2,1H3,(H,17,19). The second-order valence-electron chi connectivity index (χ2n) is 5.26. The van der Waals surface area contributed by atoms with Crippen LogP contribution in [-0.4, -0.2) is 35.2 Å². The van der Waals surface area contributed by atoms with Crippen LogP contribution in [0.1, 0.15) is 37.9 Å². The number of ether oxygens (including phenoxy) is 1. The van der Waals surface area contributed by atoms with Gasteiger partial charge in [0.15, 0.2) is 0 Å². The van der Waals surface area contributed by atoms with Crippen LogP contribution in [0.15, 0.2) is 12.5 Å². The zero-order valence-corrected chi connectivity index (χ0v) is 12.0. The summed E-state index contributed by atoms with van der Waals surface area (Å²) in [6.45, 7) is 4.88. The molecule has 0 aromatic carbocycles. The maximum absolute atomic E-state index is 11.6. The molecule has 0 aliphatic carbocycles. The Bertz CT molecular complexity index is 427. The van der Waals surface area contributed by atoms with Gasteiger partial charge in [0.2, 0.25) is 5.91 Å². The third kappa shape index (κ3) is 3.80. The SMILES string of the molecule is CCCNC(=O)CCn1cncc1C(N)C1CCOC1. The molecule has 1 aromatic heterocycles. The number of amides is 1. The molecule has 3 N–H and O–H groups in total. The van der Waals surface area contributed by atoms with Crippen molar-refractivity contribution in [3.05, 3.63) is 18.2 Å². The molecular weight excluding hydrogens is 256 g/mol. The van der Waals surface area contributed by atoms with Crippen molar-refractivity contribution in [2.45, 2.75) is 38.8 Å². The van der Waals surface area contributed by atoms with Crippen LogP contribution in [-0.2, 0) is 16.1 Å². The van der Waals surface area contributed by atoms with Crippen molar-refractivity contribution in [1.82, 2.24) is 14.9 Å². The molecule has 20 heavy (non-hydrogen) atoms. The number of hydrogen-bond acceptors (Lipinski definition) is 4. The van der Waals surface area contributed by atoms with Crippen molar-refractivity contribution in [3.63, 3.8) is 0 Å². The number of rotatable bonds is 7. The Morgan fingerprint density at radius 2 is 2.55 bits per heavy atom. The van der Waals surface area contributed by atoms with E-state index in [9.17, 15) is 4.79 Å². The highest BCUT2D eigenvalue weighted by atomic mass is 16.5. The lowest BCUT2D eigenvalue weighted by Gasteiger charge is -2.19. The number of hydrogen-bond donors (Lipinski definition) is 2. The number of nitrogens with two attached hydrogens (primary N) is 1. The molecule has 1 aliphatic heterocycles. The Labute approximate surface area is 119 Å². The summed E-state index contributed by atoms with van der Waals surface area (Å²) in [4.78, 5) is 15.8. The highest BCUT2D eigenvalue weighted by molar-refractivity contribution is 5.75. The van der Waals surface area contributed by atoms with Gasteiger partial charge in [-0.1, -0.05) is 6.92 Å². The second-order valence-corrected chi connectivity index (χ2v) is 5.26. The van der Waals surface area contributed by atoms with Gasteiger partial charge in [0, 0.05) is 38.2 Å². The van der Waals surface area contributed by atoms with E-state index in [1.165, 1.54) is 0 Å². The lowest BCUT2D eigenvalue weighted by atomic mass is 9.97. The van der Waals surface area contributed by atoms with Gasteiger partial charge in [-0.2, -0.15) is 0 Å². The molecule has 2 rings (SSSR count). The fourth-order valence-electron chi connectivity index (χ4n) is 2.45. The summed E-state index contributed by atoms with van der Waals surface area (Å²) in [6.07, 6.45) is 5.94. The van der Waals surface area contributed by atoms with Crippen LogP contribution in [0.25, 0.3) is 0 Å². The minimum absolute atomic E-state index is 0.0706. The first-order valence-corrected chi connectivity index (χ1v) is 7.32. The molecule has 2 heterocycles. The van der Waals surface area contributed by atoms with E-state index < -0.39 is 0 Å². The summed E-state index contributed by atoms with van der Waals surface area (Å²) in [6, 6.07) is -0.0706. The van der Waals surface area contributed by atoms with Gasteiger partial charge < -0.3 is 20.4 Å². The van der Waals surface area contributed by atoms with Crippen LogP contribution in [0.2, 0.25) is 0 Å². The topological polar surface area (TPSA) is 82.2 Å². The Kier molecular flexibility index (Phi) is 5.55. The molecule has 1 fully saturated rings. The first kappa shape index (κ1) is 15.0. The zero-order valence-electron chi connectivity index (χ0n) is 12.0. The monoisotopic (exact) mass is 280 g/mol. The van der Waals surface area contributed by atoms with Crippen LogP contribution in [0.4, 0.5) is 0 Å². The molecule has 1 amide bonds. The lowest BCUT2D eigenvalue weighted by molar-refractivity contribution is -0.121. The zero-order chi connectivity index (χ0) is 14.4. The van der Waals surface area contributed by atoms with Gasteiger partial charge >= 0.3 is 0 Å². The molecular formula is C14H24N4O2. The van der Waals surface area contributed by atoms with Crippen molar-refractivity contribution < 1.29 is 9.53 Å². The molecule has 6 heteroatoms. The van der Waals surface area contributed by atoms with Gasteiger partial charge in [0.05, 0.1) is 24.7 Å². The summed E-state index contributed by atoms with van der Waals surface area (Å²) >= 11 is 0. The number of carbonyl (C=O) groups is 1. The summed E-state index contributed by atoms with van der Waals surface area (Å²) in [5.41, 5.74) is 7.28. The minimum atomic E-state index is -0.0706. The fourth-order valence-corrected chi connectivity index (χ4v) is 2.45. The quantitative estimate of drug-likeness (QED) is 0.775. The van der Waals surface area contributed by atoms with E-state index in [0.717, 1.165) is 31.7 Å². The molecule has 0 bridgehead atoms. The van der Waals surface area contributed by atoms with Gasteiger partial charge in [-0.25, -0.2) is 4.98 Å². The van der Waals surface area contributed by atoms with Gasteiger partial charge in [0.25, 0.3) is 0 Å². The lowest BCUT2D eigenvalue weighted by Crippen LogP contribution is -2.27. The van der Waals surface area contributed by atoms with Gasteiger partial charge in [-0.15, -0.1) is 0 Å². The number of imidazole rings is 1. The van der Waals surface area contributed by atoms with Crippen molar-refractivity contribution in [2.24, 2.45) is 11.7 Å². The van der Waals surface area contributed by atoms with E-state index in [1.54, 1.807) is 12.5 Å². The third-order valence-electron chi connectivity index (χ3n) is 3.71. The predicted molar refractivity (Wildman–Crippen MR) is 76.0 cm³/mol. The van der Waals surface area contributed by atoms with Crippen LogP contribution in [0.5, 0.6) is 0 Å². The Hall–Kier alpha value is -1.40. The molecule has 0 radical (unpaired) electrons. The third-order valence-corrected chi connectivity index (χ3v) is 3.71. The van der Waals surface area contributed by atoms with Crippen LogP contribution in [0, 0.1) is 5.92 Å². The van der Waals surface area contributed by atoms with Crippen LogP contribution in [0.3, 0.4) is 0 Å². The minimum Gasteiger partial charge on any atom is -0.381 e. The summed E-state index contributed by atoms with van der Waals surface area (Å²) in [5.74, 6) is 0.420. The Morgan fingerprint density at radius 1 is 1.70 bits per heavy atom. The molecule has 2 atom stereocenters. The maximum Gasteiger partial charge on any atom is 0.221 e. The van der Waals surface area contributed by atoms with Crippen LogP contribution >= 0.6 is 0 Å². The number of carbonyl (C=O) groups excluding carboxylic acids is 1. The molecule has 112 valence electrons. The normalized spacial score (nSPS) is 20.0. The molecule has 2 unspecified atom stereocenters. The highest BCUT2D eigenvalue weighted by Gasteiger charge is 2.26. The van der Waals surface area contributed by atoms with E-state index >= 15 is 0 Å². The Balaban J connectivity index is 1.89. The van der Waals surface area contributed by atoms with Crippen molar-refractivity contribution in [1.29, 1.82) is 0 Å².